The van der Waals surface area contributed by atoms with Gasteiger partial charge in [-0.15, -0.1) is 31.1 Å². The van der Waals surface area contributed by atoms with Crippen LogP contribution in [0.5, 0.6) is 40.2 Å². The van der Waals surface area contributed by atoms with Crippen molar-refractivity contribution in [2.75, 3.05) is 93.9 Å². The maximum Gasteiger partial charge on any atom is 0.501 e. The number of benzene rings is 5. The van der Waals surface area contributed by atoms with Crippen molar-refractivity contribution >= 4 is 90.5 Å². The third-order valence-electron chi connectivity index (χ3n) is 19.1. The van der Waals surface area contributed by atoms with E-state index in [4.69, 9.17) is 65.5 Å². The lowest BCUT2D eigenvalue weighted by molar-refractivity contribution is -0.916. The summed E-state index contributed by atoms with van der Waals surface area (Å²) in [6.45, 7) is 2.08. The van der Waals surface area contributed by atoms with E-state index in [1.165, 1.54) is 49.2 Å². The number of hydrogen-bond donors (Lipinski definition) is 7. The van der Waals surface area contributed by atoms with E-state index < -0.39 is 87.0 Å². The van der Waals surface area contributed by atoms with Crippen molar-refractivity contribution in [3.63, 3.8) is 0 Å². The fourth-order valence-corrected chi connectivity index (χ4v) is 16.9. The number of aliphatic hydroxyl groups excluding tert-OH is 4. The highest BCUT2D eigenvalue weighted by molar-refractivity contribution is 7.85. The molecule has 3 amide bonds. The largest absolute Gasteiger partial charge is 0.501 e. The predicted molar refractivity (Wildman–Crippen MR) is 406 cm³/mol. The highest BCUT2D eigenvalue weighted by Crippen LogP contribution is 2.43. The number of ether oxygens (including phenoxy) is 9. The Kier molecular flexibility index (Phi) is 26.6. The maximum absolute atomic E-state index is 14.2. The summed E-state index contributed by atoms with van der Waals surface area (Å²) in [5.41, 5.74) is 7.02. The van der Waals surface area contributed by atoms with Crippen molar-refractivity contribution < 1.29 is 116 Å². The van der Waals surface area contributed by atoms with Crippen molar-refractivity contribution in [3.8, 4) is 40.2 Å². The number of carbonyl (C=O) groups excluding carboxylic acids is 4. The molecule has 1 unspecified atom stereocenters. The summed E-state index contributed by atoms with van der Waals surface area (Å²) in [5, 5.41) is 51.0. The minimum absolute atomic E-state index is 0.00826. The number of fused-ring (bicyclic) bond motifs is 6. The monoisotopic (exact) mass is 1610 g/mol. The van der Waals surface area contributed by atoms with Gasteiger partial charge in [-0.3, -0.25) is 33.7 Å². The molecule has 5 aliphatic heterocycles. The number of hydrogen-bond acceptors (Lipinski definition) is 28. The number of aliphatic hydroxyl groups is 4. The van der Waals surface area contributed by atoms with E-state index >= 15 is 0 Å². The zero-order valence-corrected chi connectivity index (χ0v) is 64.7. The molecule has 0 spiro atoms. The molecule has 31 nitrogen and oxygen atoms in total. The number of nitrogens with zero attached hydrogens (tertiary/aromatic N) is 5. The van der Waals surface area contributed by atoms with Crippen molar-refractivity contribution in [1.82, 2.24) is 20.4 Å². The van der Waals surface area contributed by atoms with Crippen LogP contribution in [-0.4, -0.2) is 235 Å². The van der Waals surface area contributed by atoms with Crippen LogP contribution in [0.3, 0.4) is 0 Å². The van der Waals surface area contributed by atoms with Gasteiger partial charge in [0.05, 0.1) is 114 Å². The van der Waals surface area contributed by atoms with Crippen molar-refractivity contribution in [2.24, 2.45) is 9.98 Å². The smallest absolute Gasteiger partial charge is 0.493 e. The van der Waals surface area contributed by atoms with Crippen molar-refractivity contribution in [2.45, 2.75) is 114 Å². The molecule has 0 saturated carbocycles. The summed E-state index contributed by atoms with van der Waals surface area (Å²) in [7, 11) is -0.913. The predicted octanol–water partition coefficient (Wildman–Crippen LogP) is 5.81. The Morgan fingerprint density at radius 1 is 0.640 bits per heavy atom. The van der Waals surface area contributed by atoms with Crippen LogP contribution in [-0.2, 0) is 96.5 Å². The zero-order chi connectivity index (χ0) is 78.7. The van der Waals surface area contributed by atoms with Gasteiger partial charge >= 0.3 is 10.4 Å². The van der Waals surface area contributed by atoms with E-state index in [2.05, 4.69) is 22.8 Å². The van der Waals surface area contributed by atoms with Crippen LogP contribution >= 0.6 is 22.7 Å². The Morgan fingerprint density at radius 3 is 1.74 bits per heavy atom. The van der Waals surface area contributed by atoms with Gasteiger partial charge in [-0.05, 0) is 131 Å². The summed E-state index contributed by atoms with van der Waals surface area (Å²) in [4.78, 5) is 70.0. The second-order valence-corrected chi connectivity index (χ2v) is 32.3. The van der Waals surface area contributed by atoms with Gasteiger partial charge in [-0.25, -0.2) is 0 Å². The molecule has 1 saturated heterocycles. The molecule has 7 heterocycles. The summed E-state index contributed by atoms with van der Waals surface area (Å²) < 4.78 is 123. The third kappa shape index (κ3) is 20.6. The van der Waals surface area contributed by atoms with Gasteiger partial charge in [-0.2, -0.15) is 8.42 Å². The van der Waals surface area contributed by atoms with Crippen LogP contribution in [0.4, 0.5) is 11.4 Å². The quantitative estimate of drug-likeness (QED) is 0.0137. The Bertz CT molecular complexity index is 4640. The Balaban J connectivity index is 0.701. The lowest BCUT2D eigenvalue weighted by atomic mass is 9.99. The summed E-state index contributed by atoms with van der Waals surface area (Å²) in [6.07, 6.45) is -3.35. The van der Waals surface area contributed by atoms with Crippen LogP contribution in [0, 0.1) is 0 Å². The molecule has 2 aromatic heterocycles. The maximum atomic E-state index is 14.2. The summed E-state index contributed by atoms with van der Waals surface area (Å²) in [6, 6.07) is 25.1. The van der Waals surface area contributed by atoms with Gasteiger partial charge in [0.2, 0.25) is 6.29 Å². The molecule has 1 fully saturated rings. The first-order valence-corrected chi connectivity index (χ1v) is 40.4. The SMILES string of the molecule is CN[C@H](CS(=O)(=O)O)C(=O)CCCOCCOCCOCCNC(=O)c1ccc(OC2O[C@H](CO)[C@H](O)[C@H](O)[C@H]2O)c(OS(=O)(=O)Oc2ccc(C[N+](C)(C)Cc3cc(COc4cc5c(cc4OC)C(=O)N4Cc6ccsc6C[C@H]4C=N5)cc(COc4cc5c(cc4OC)C(=O)N4Cc6ccsc6C[C@H]4C=N5)c3)cc2)c1. The number of Topliss-reactive ketones (excluding diaryl/α,β-unsaturated/α-hetero) is 1. The fraction of sp³-hybridized carbons (Fsp3) is 0.421. The molecule has 5 aliphatic rings. The molecule has 7 aromatic rings. The fourth-order valence-electron chi connectivity index (χ4n) is 13.5. The number of amides is 3. The van der Waals surface area contributed by atoms with Gasteiger partial charge in [0.25, 0.3) is 27.8 Å². The number of thiophene rings is 2. The van der Waals surface area contributed by atoms with E-state index in [-0.39, 0.29) is 107 Å². The average molecular weight is 1610 g/mol. The number of methoxy groups -OCH3 is 2. The van der Waals surface area contributed by atoms with Gasteiger partial charge in [0.1, 0.15) is 56.5 Å². The number of rotatable bonds is 37. The first-order valence-electron chi connectivity index (χ1n) is 35.7. The molecule has 8 atom stereocenters. The summed E-state index contributed by atoms with van der Waals surface area (Å²) >= 11 is 3.35. The van der Waals surface area contributed by atoms with Crippen LogP contribution in [0.15, 0.2) is 118 Å². The van der Waals surface area contributed by atoms with Gasteiger partial charge in [0.15, 0.2) is 40.3 Å². The average Bonchev–Trinajstić information content (AvgIpc) is 1.76. The molecule has 0 radical (unpaired) electrons. The number of carbonyl (C=O) groups is 4. The first kappa shape index (κ1) is 81.5. The molecule has 0 bridgehead atoms. The summed E-state index contributed by atoms with van der Waals surface area (Å²) in [5.74, 6) is -1.88. The molecule has 5 aromatic carbocycles. The van der Waals surface area contributed by atoms with Gasteiger partial charge < -0.3 is 96.3 Å². The Labute approximate surface area is 649 Å². The second-order valence-electron chi connectivity index (χ2n) is 27.7. The highest BCUT2D eigenvalue weighted by Gasteiger charge is 2.46. The van der Waals surface area contributed by atoms with E-state index in [1.54, 1.807) is 59.1 Å². The van der Waals surface area contributed by atoms with Gasteiger partial charge in [-0.1, -0.05) is 0 Å². The van der Waals surface area contributed by atoms with Gasteiger partial charge in [0, 0.05) is 96.5 Å². The van der Waals surface area contributed by atoms with E-state index in [0.717, 1.165) is 45.5 Å². The number of aliphatic imine (C=N–C) groups is 2. The number of nitrogens with one attached hydrogen (secondary N) is 2. The second kappa shape index (κ2) is 36.2. The van der Waals surface area contributed by atoms with Crippen LogP contribution in [0.1, 0.15) is 87.1 Å². The number of ketones is 1. The van der Waals surface area contributed by atoms with E-state index in [0.29, 0.717) is 95.4 Å². The van der Waals surface area contributed by atoms with Crippen molar-refractivity contribution in [3.05, 3.63) is 168 Å². The van der Waals surface area contributed by atoms with Crippen LogP contribution < -0.4 is 42.7 Å². The number of quaternary nitrogens is 1. The lowest BCUT2D eigenvalue weighted by Crippen LogP contribution is -2.60. The molecular formula is C76H88N7O24S4+. The van der Waals surface area contributed by atoms with Crippen molar-refractivity contribution in [1.29, 1.82) is 0 Å². The standard InChI is InChI=1S/C76H87N7O24S4/c1-77-59(44-110(92,93)94)60(85)7-6-17-99-19-21-101-22-20-100-18-16-78-73(89)49-10-13-61(104-76-72(88)71(87)70(86)67(41-84)105-76)66(28-49)107-111(95,96)106-54-11-8-45(9-12-54)39-83(2,3)40-46-25-47(42-102-64-33-57-55(31-62(64)97-4)74(90)81-37-50-14-23-108-68(50)29-52(81)35-79-57)27-48(26-46)43-103-65-34-58-56(32-63(65)98-5)75(91)82-38-51-15-24-109-69(51)30-53(82)36-80-58/h8-15,23-28,31-36,52-53,59,67,70-72,76-77,84,86-88H,6-7,16-22,29-30,37-44H2,1-5H3,(H-,78,89,92,93,94)/p+1/t52-,53-,59+,67+,70-,71-,72+,76?/m0/s1. The van der Waals surface area contributed by atoms with Crippen LogP contribution in [0.2, 0.25) is 0 Å². The van der Waals surface area contributed by atoms with E-state index in [1.807, 2.05) is 65.3 Å². The highest BCUT2D eigenvalue weighted by atomic mass is 32.3. The number of likely N-dealkylation sites (N-methyl/N-ethyl adjacent to an activating group) is 1. The van der Waals surface area contributed by atoms with Crippen LogP contribution in [0.25, 0.3) is 0 Å². The van der Waals surface area contributed by atoms with E-state index in [9.17, 15) is 56.4 Å². The normalized spacial score (nSPS) is 19.6. The minimum Gasteiger partial charge on any atom is -0.493 e. The molecule has 7 N–H and O–H groups in total. The third-order valence-corrected chi connectivity index (χ3v) is 22.6. The topological polar surface area (TPSA) is 395 Å². The molecule has 594 valence electrons. The molecule has 111 heavy (non-hydrogen) atoms. The molecule has 12 rings (SSSR count). The Hall–Kier alpha value is -9.02. The molecular weight excluding hydrogens is 1520 g/mol. The lowest BCUT2D eigenvalue weighted by Gasteiger charge is -2.39. The first-order chi connectivity index (χ1) is 53.2. The molecule has 35 heteroatoms. The molecule has 0 aliphatic carbocycles. The minimum atomic E-state index is -5.08. The zero-order valence-electron chi connectivity index (χ0n) is 61.5. The Morgan fingerprint density at radius 2 is 1.19 bits per heavy atom.